The van der Waals surface area contributed by atoms with E-state index in [1.54, 1.807) is 30.3 Å². The number of thiophene rings is 1. The number of aryl methyl sites for hydroxylation is 1. The number of ether oxygens (including phenoxy) is 1. The lowest BCUT2D eigenvalue weighted by Gasteiger charge is -2.06. The SMILES string of the molecule is CCOc1ccc(NC(=O)/C(C#N)=C/c2ccc(C)s2)cc1. The molecule has 1 aromatic heterocycles. The van der Waals surface area contributed by atoms with Crippen LogP contribution in [-0.2, 0) is 4.79 Å². The van der Waals surface area contributed by atoms with E-state index in [0.717, 1.165) is 15.5 Å². The first-order valence-electron chi connectivity index (χ1n) is 6.85. The first-order valence-corrected chi connectivity index (χ1v) is 7.66. The van der Waals surface area contributed by atoms with Crippen molar-refractivity contribution in [3.63, 3.8) is 0 Å². The van der Waals surface area contributed by atoms with Crippen LogP contribution in [0.1, 0.15) is 16.7 Å². The fraction of sp³-hybridized carbons (Fsp3) is 0.176. The molecular weight excluding hydrogens is 296 g/mol. The summed E-state index contributed by atoms with van der Waals surface area (Å²) in [5.41, 5.74) is 0.702. The van der Waals surface area contributed by atoms with Gasteiger partial charge >= 0.3 is 0 Å². The lowest BCUT2D eigenvalue weighted by atomic mass is 10.2. The highest BCUT2D eigenvalue weighted by Crippen LogP contribution is 2.20. The van der Waals surface area contributed by atoms with Crippen molar-refractivity contribution in [1.82, 2.24) is 0 Å². The normalized spacial score (nSPS) is 10.9. The molecule has 2 rings (SSSR count). The summed E-state index contributed by atoms with van der Waals surface area (Å²) in [5.74, 6) is 0.323. The Morgan fingerprint density at radius 1 is 1.32 bits per heavy atom. The topological polar surface area (TPSA) is 62.1 Å². The Balaban J connectivity index is 2.09. The Hall–Kier alpha value is -2.58. The molecule has 0 atom stereocenters. The summed E-state index contributed by atoms with van der Waals surface area (Å²) in [6.07, 6.45) is 1.60. The van der Waals surface area contributed by atoms with E-state index >= 15 is 0 Å². The Morgan fingerprint density at radius 3 is 2.59 bits per heavy atom. The van der Waals surface area contributed by atoms with Crippen LogP contribution in [0.4, 0.5) is 5.69 Å². The van der Waals surface area contributed by atoms with Crippen LogP contribution in [0, 0.1) is 18.3 Å². The van der Waals surface area contributed by atoms with Gasteiger partial charge in [0.05, 0.1) is 6.61 Å². The van der Waals surface area contributed by atoms with Gasteiger partial charge in [-0.25, -0.2) is 0 Å². The largest absolute Gasteiger partial charge is 0.494 e. The number of carbonyl (C=O) groups is 1. The molecule has 0 spiro atoms. The molecule has 22 heavy (non-hydrogen) atoms. The molecule has 0 aliphatic carbocycles. The summed E-state index contributed by atoms with van der Waals surface area (Å²) in [6.45, 7) is 4.48. The molecule has 0 aliphatic rings. The molecule has 0 radical (unpaired) electrons. The summed E-state index contributed by atoms with van der Waals surface area (Å²) >= 11 is 1.54. The van der Waals surface area contributed by atoms with Crippen LogP contribution in [0.3, 0.4) is 0 Å². The van der Waals surface area contributed by atoms with Crippen LogP contribution in [-0.4, -0.2) is 12.5 Å². The highest BCUT2D eigenvalue weighted by atomic mass is 32.1. The molecule has 4 nitrogen and oxygen atoms in total. The molecule has 0 unspecified atom stereocenters. The van der Waals surface area contributed by atoms with Crippen LogP contribution >= 0.6 is 11.3 Å². The molecule has 2 aromatic rings. The monoisotopic (exact) mass is 312 g/mol. The second-order valence-electron chi connectivity index (χ2n) is 4.53. The zero-order chi connectivity index (χ0) is 15.9. The maximum atomic E-state index is 12.1. The van der Waals surface area contributed by atoms with E-state index in [0.29, 0.717) is 12.3 Å². The molecule has 0 saturated heterocycles. The molecule has 0 aliphatic heterocycles. The van der Waals surface area contributed by atoms with Gasteiger partial charge in [0.2, 0.25) is 0 Å². The molecule has 112 valence electrons. The van der Waals surface area contributed by atoms with Gasteiger partial charge in [0.25, 0.3) is 5.91 Å². The van der Waals surface area contributed by atoms with E-state index in [-0.39, 0.29) is 5.57 Å². The number of hydrogen-bond acceptors (Lipinski definition) is 4. The van der Waals surface area contributed by atoms with Gasteiger partial charge in [0.15, 0.2) is 0 Å². The second kappa shape index (κ2) is 7.43. The Kier molecular flexibility index (Phi) is 5.34. The van der Waals surface area contributed by atoms with Crippen molar-refractivity contribution in [3.8, 4) is 11.8 Å². The number of nitriles is 1. The van der Waals surface area contributed by atoms with Crippen molar-refractivity contribution in [2.75, 3.05) is 11.9 Å². The minimum atomic E-state index is -0.419. The fourth-order valence-electron chi connectivity index (χ4n) is 1.82. The summed E-state index contributed by atoms with van der Waals surface area (Å²) in [5, 5.41) is 11.9. The van der Waals surface area contributed by atoms with Gasteiger partial charge in [-0.1, -0.05) is 0 Å². The molecule has 5 heteroatoms. The molecule has 0 saturated carbocycles. The van der Waals surface area contributed by atoms with Crippen molar-refractivity contribution in [2.45, 2.75) is 13.8 Å². The number of carbonyl (C=O) groups excluding carboxylic acids is 1. The van der Waals surface area contributed by atoms with Crippen molar-refractivity contribution in [3.05, 3.63) is 51.7 Å². The maximum absolute atomic E-state index is 12.1. The maximum Gasteiger partial charge on any atom is 0.266 e. The number of benzene rings is 1. The zero-order valence-electron chi connectivity index (χ0n) is 12.4. The Bertz CT molecular complexity index is 724. The minimum Gasteiger partial charge on any atom is -0.494 e. The van der Waals surface area contributed by atoms with E-state index < -0.39 is 5.91 Å². The van der Waals surface area contributed by atoms with Crippen LogP contribution < -0.4 is 10.1 Å². The number of hydrogen-bond donors (Lipinski definition) is 1. The third-order valence-electron chi connectivity index (χ3n) is 2.84. The first-order chi connectivity index (χ1) is 10.6. The summed E-state index contributed by atoms with van der Waals surface area (Å²) in [4.78, 5) is 14.2. The van der Waals surface area contributed by atoms with Gasteiger partial charge in [-0.05, 0) is 56.3 Å². The second-order valence-corrected chi connectivity index (χ2v) is 5.85. The smallest absolute Gasteiger partial charge is 0.266 e. The molecule has 1 N–H and O–H groups in total. The van der Waals surface area contributed by atoms with E-state index in [1.807, 2.05) is 32.0 Å². The van der Waals surface area contributed by atoms with Crippen LogP contribution in [0.25, 0.3) is 6.08 Å². The van der Waals surface area contributed by atoms with Crippen molar-refractivity contribution in [1.29, 1.82) is 5.26 Å². The summed E-state index contributed by atoms with van der Waals surface area (Å²) in [7, 11) is 0. The van der Waals surface area contributed by atoms with Gasteiger partial charge < -0.3 is 10.1 Å². The number of anilines is 1. The van der Waals surface area contributed by atoms with Gasteiger partial charge in [0, 0.05) is 15.4 Å². The molecule has 1 amide bonds. The van der Waals surface area contributed by atoms with Crippen LogP contribution in [0.15, 0.2) is 42.0 Å². The number of nitrogens with zero attached hydrogens (tertiary/aromatic N) is 1. The molecule has 1 heterocycles. The standard InChI is InChI=1S/C17H16N2O2S/c1-3-21-15-7-5-14(6-8-15)19-17(20)13(11-18)10-16-9-4-12(2)22-16/h4-10H,3H2,1-2H3,(H,19,20)/b13-10+. The predicted octanol–water partition coefficient (Wildman–Crippen LogP) is 4.00. The summed E-state index contributed by atoms with van der Waals surface area (Å²) in [6, 6.07) is 12.8. The fourth-order valence-corrected chi connectivity index (χ4v) is 2.64. The van der Waals surface area contributed by atoms with Gasteiger partial charge in [-0.15, -0.1) is 11.3 Å². The molecule has 0 bridgehead atoms. The summed E-state index contributed by atoms with van der Waals surface area (Å²) < 4.78 is 5.34. The van der Waals surface area contributed by atoms with Crippen LogP contribution in [0.5, 0.6) is 5.75 Å². The van der Waals surface area contributed by atoms with E-state index in [4.69, 9.17) is 10.00 Å². The molecule has 0 fully saturated rings. The zero-order valence-corrected chi connectivity index (χ0v) is 13.2. The third kappa shape index (κ3) is 4.21. The average molecular weight is 312 g/mol. The van der Waals surface area contributed by atoms with Crippen molar-refractivity contribution >= 4 is 29.0 Å². The van der Waals surface area contributed by atoms with E-state index in [9.17, 15) is 4.79 Å². The average Bonchev–Trinajstić information content (AvgIpc) is 2.92. The number of rotatable bonds is 5. The highest BCUT2D eigenvalue weighted by molar-refractivity contribution is 7.12. The molecular formula is C17H16N2O2S. The lowest BCUT2D eigenvalue weighted by Crippen LogP contribution is -2.13. The Labute approximate surface area is 133 Å². The Morgan fingerprint density at radius 2 is 2.05 bits per heavy atom. The lowest BCUT2D eigenvalue weighted by molar-refractivity contribution is -0.112. The highest BCUT2D eigenvalue weighted by Gasteiger charge is 2.10. The predicted molar refractivity (Wildman–Crippen MR) is 88.9 cm³/mol. The van der Waals surface area contributed by atoms with Crippen molar-refractivity contribution in [2.24, 2.45) is 0 Å². The van der Waals surface area contributed by atoms with Crippen molar-refractivity contribution < 1.29 is 9.53 Å². The van der Waals surface area contributed by atoms with E-state index in [2.05, 4.69) is 5.32 Å². The van der Waals surface area contributed by atoms with Gasteiger partial charge in [-0.2, -0.15) is 5.26 Å². The first kappa shape index (κ1) is 15.8. The molecule has 1 aromatic carbocycles. The number of amides is 1. The third-order valence-corrected chi connectivity index (χ3v) is 3.78. The van der Waals surface area contributed by atoms with Crippen LogP contribution in [0.2, 0.25) is 0 Å². The van der Waals surface area contributed by atoms with Gasteiger partial charge in [0.1, 0.15) is 17.4 Å². The number of nitrogens with one attached hydrogen (secondary N) is 1. The van der Waals surface area contributed by atoms with E-state index in [1.165, 1.54) is 11.3 Å². The minimum absolute atomic E-state index is 0.0794. The van der Waals surface area contributed by atoms with Gasteiger partial charge in [-0.3, -0.25) is 4.79 Å². The quantitative estimate of drug-likeness (QED) is 0.670.